The molecule has 2 aromatic heterocycles. The smallest absolute Gasteiger partial charge is 0.360 e. The average molecular weight is 268 g/mol. The van der Waals surface area contributed by atoms with Gasteiger partial charge in [0.25, 0.3) is 0 Å². The number of carbonyl (C=O) groups excluding carboxylic acids is 1. The Bertz CT molecular complexity index is 789. The van der Waals surface area contributed by atoms with Crippen molar-refractivity contribution < 1.29 is 9.53 Å². The van der Waals surface area contributed by atoms with Crippen molar-refractivity contribution >= 4 is 22.6 Å². The predicted molar refractivity (Wildman–Crippen MR) is 74.6 cm³/mol. The molecule has 0 amide bonds. The highest BCUT2D eigenvalue weighted by molar-refractivity contribution is 5.93. The van der Waals surface area contributed by atoms with Crippen LogP contribution in [0, 0.1) is 0 Å². The van der Waals surface area contributed by atoms with Crippen LogP contribution in [0.3, 0.4) is 0 Å². The van der Waals surface area contributed by atoms with E-state index < -0.39 is 5.97 Å². The second kappa shape index (κ2) is 4.65. The molecule has 0 aliphatic rings. The number of pyridine rings is 1. The molecule has 0 saturated carbocycles. The highest BCUT2D eigenvalue weighted by Gasteiger charge is 2.16. The molecule has 6 heteroatoms. The van der Waals surface area contributed by atoms with E-state index in [9.17, 15) is 4.79 Å². The van der Waals surface area contributed by atoms with Crippen molar-refractivity contribution in [3.8, 4) is 5.69 Å². The highest BCUT2D eigenvalue weighted by atomic mass is 16.5. The summed E-state index contributed by atoms with van der Waals surface area (Å²) in [6.45, 7) is 0. The molecule has 0 aliphatic heterocycles. The molecule has 0 fully saturated rings. The van der Waals surface area contributed by atoms with Crippen molar-refractivity contribution in [2.24, 2.45) is 0 Å². The van der Waals surface area contributed by atoms with E-state index in [2.05, 4.69) is 14.8 Å². The Labute approximate surface area is 114 Å². The number of para-hydroxylation sites is 1. The summed E-state index contributed by atoms with van der Waals surface area (Å²) in [6, 6.07) is 9.49. The van der Waals surface area contributed by atoms with Crippen LogP contribution < -0.4 is 5.73 Å². The normalized spacial score (nSPS) is 10.7. The van der Waals surface area contributed by atoms with Gasteiger partial charge in [-0.25, -0.2) is 9.48 Å². The zero-order valence-corrected chi connectivity index (χ0v) is 10.8. The van der Waals surface area contributed by atoms with Crippen LogP contribution in [-0.4, -0.2) is 27.8 Å². The Morgan fingerprint density at radius 2 is 2.10 bits per heavy atom. The number of aromatic nitrogens is 3. The summed E-state index contributed by atoms with van der Waals surface area (Å²) < 4.78 is 6.21. The fraction of sp³-hybridized carbons (Fsp3) is 0.0714. The van der Waals surface area contributed by atoms with Gasteiger partial charge in [-0.1, -0.05) is 18.2 Å². The standard InChI is InChI=1S/C14H12N4O2/c1-20-14(19)13-10(15)8-18(17-13)12-6-7-16-11-5-3-2-4-9(11)12/h2-8H,15H2,1H3. The third-order valence-electron chi connectivity index (χ3n) is 2.99. The third kappa shape index (κ3) is 1.87. The van der Waals surface area contributed by atoms with Gasteiger partial charge in [-0.05, 0) is 12.1 Å². The summed E-state index contributed by atoms with van der Waals surface area (Å²) in [5.74, 6) is -0.556. The fourth-order valence-corrected chi connectivity index (χ4v) is 2.05. The number of carbonyl (C=O) groups is 1. The highest BCUT2D eigenvalue weighted by Crippen LogP contribution is 2.22. The molecule has 0 spiro atoms. The zero-order valence-electron chi connectivity index (χ0n) is 10.8. The van der Waals surface area contributed by atoms with Gasteiger partial charge in [0.2, 0.25) is 0 Å². The van der Waals surface area contributed by atoms with E-state index >= 15 is 0 Å². The predicted octanol–water partition coefficient (Wildman–Crippen LogP) is 1.79. The van der Waals surface area contributed by atoms with Gasteiger partial charge in [0.15, 0.2) is 5.69 Å². The van der Waals surface area contributed by atoms with Crippen LogP contribution in [0.5, 0.6) is 0 Å². The van der Waals surface area contributed by atoms with Crippen molar-refractivity contribution in [1.82, 2.24) is 14.8 Å². The van der Waals surface area contributed by atoms with Crippen LogP contribution in [0.2, 0.25) is 0 Å². The first-order valence-electron chi connectivity index (χ1n) is 5.98. The minimum Gasteiger partial charge on any atom is -0.464 e. The number of hydrogen-bond acceptors (Lipinski definition) is 5. The van der Waals surface area contributed by atoms with Crippen molar-refractivity contribution in [2.75, 3.05) is 12.8 Å². The van der Waals surface area contributed by atoms with Crippen LogP contribution >= 0.6 is 0 Å². The second-order valence-corrected chi connectivity index (χ2v) is 4.22. The molecule has 20 heavy (non-hydrogen) atoms. The zero-order chi connectivity index (χ0) is 14.1. The van der Waals surface area contributed by atoms with Gasteiger partial charge in [0, 0.05) is 11.6 Å². The lowest BCUT2D eigenvalue weighted by Gasteiger charge is -2.05. The summed E-state index contributed by atoms with van der Waals surface area (Å²) in [5.41, 5.74) is 7.83. The number of esters is 1. The number of nitrogens with zero attached hydrogens (tertiary/aromatic N) is 3. The largest absolute Gasteiger partial charge is 0.464 e. The van der Waals surface area contributed by atoms with Crippen LogP contribution in [0.15, 0.2) is 42.7 Å². The van der Waals surface area contributed by atoms with Crippen LogP contribution in [0.25, 0.3) is 16.6 Å². The molecule has 2 N–H and O–H groups in total. The van der Waals surface area contributed by atoms with E-state index in [1.54, 1.807) is 17.1 Å². The molecule has 0 aliphatic carbocycles. The lowest BCUT2D eigenvalue weighted by Crippen LogP contribution is -2.06. The van der Waals surface area contributed by atoms with E-state index in [0.717, 1.165) is 16.6 Å². The molecule has 0 unspecified atom stereocenters. The summed E-state index contributed by atoms with van der Waals surface area (Å²) in [5, 5.41) is 5.12. The van der Waals surface area contributed by atoms with Crippen LogP contribution in [0.4, 0.5) is 5.69 Å². The molecule has 0 atom stereocenters. The third-order valence-corrected chi connectivity index (χ3v) is 2.99. The van der Waals surface area contributed by atoms with Crippen molar-refractivity contribution in [2.45, 2.75) is 0 Å². The topological polar surface area (TPSA) is 83.0 Å². The molecule has 0 bridgehead atoms. The summed E-state index contributed by atoms with van der Waals surface area (Å²) in [6.07, 6.45) is 3.28. The number of methoxy groups -OCH3 is 1. The first-order chi connectivity index (χ1) is 9.70. The maximum Gasteiger partial charge on any atom is 0.360 e. The van der Waals surface area contributed by atoms with Gasteiger partial charge in [-0.3, -0.25) is 4.98 Å². The van der Waals surface area contributed by atoms with Crippen molar-refractivity contribution in [3.05, 3.63) is 48.4 Å². The molecule has 6 nitrogen and oxygen atoms in total. The molecule has 0 saturated heterocycles. The van der Waals surface area contributed by atoms with E-state index in [0.29, 0.717) is 0 Å². The minimum absolute atomic E-state index is 0.105. The quantitative estimate of drug-likeness (QED) is 0.716. The maximum absolute atomic E-state index is 11.6. The Balaban J connectivity index is 2.19. The lowest BCUT2D eigenvalue weighted by molar-refractivity contribution is 0.0594. The first kappa shape index (κ1) is 12.2. The Morgan fingerprint density at radius 1 is 1.30 bits per heavy atom. The molecule has 3 rings (SSSR count). The Kier molecular flexibility index (Phi) is 2.83. The van der Waals surface area contributed by atoms with Gasteiger partial charge in [-0.15, -0.1) is 0 Å². The number of benzene rings is 1. The molecule has 100 valence electrons. The van der Waals surface area contributed by atoms with Crippen LogP contribution in [0.1, 0.15) is 10.5 Å². The van der Waals surface area contributed by atoms with Crippen molar-refractivity contribution in [3.63, 3.8) is 0 Å². The SMILES string of the molecule is COC(=O)c1nn(-c2ccnc3ccccc23)cc1N. The monoisotopic (exact) mass is 268 g/mol. The molecule has 1 aromatic carbocycles. The number of fused-ring (bicyclic) bond motifs is 1. The van der Waals surface area contributed by atoms with E-state index in [4.69, 9.17) is 5.73 Å². The second-order valence-electron chi connectivity index (χ2n) is 4.22. The average Bonchev–Trinajstić information content (AvgIpc) is 2.87. The van der Waals surface area contributed by atoms with E-state index in [-0.39, 0.29) is 11.4 Å². The van der Waals surface area contributed by atoms with Gasteiger partial charge in [0.1, 0.15) is 0 Å². The lowest BCUT2D eigenvalue weighted by atomic mass is 10.2. The number of anilines is 1. The maximum atomic E-state index is 11.6. The van der Waals surface area contributed by atoms with Gasteiger partial charge in [-0.2, -0.15) is 5.10 Å². The first-order valence-corrected chi connectivity index (χ1v) is 5.98. The molecular formula is C14H12N4O2. The molecule has 0 radical (unpaired) electrons. The number of hydrogen-bond donors (Lipinski definition) is 1. The van der Waals surface area contributed by atoms with Crippen molar-refractivity contribution in [1.29, 1.82) is 0 Å². The summed E-state index contributed by atoms with van der Waals surface area (Å²) in [7, 11) is 1.29. The molecule has 2 heterocycles. The Morgan fingerprint density at radius 3 is 2.90 bits per heavy atom. The van der Waals surface area contributed by atoms with E-state index in [1.165, 1.54) is 7.11 Å². The van der Waals surface area contributed by atoms with Gasteiger partial charge < -0.3 is 10.5 Å². The summed E-state index contributed by atoms with van der Waals surface area (Å²) >= 11 is 0. The number of rotatable bonds is 2. The molecule has 3 aromatic rings. The number of ether oxygens (including phenoxy) is 1. The van der Waals surface area contributed by atoms with Gasteiger partial charge in [0.05, 0.1) is 30.2 Å². The number of nitrogen functional groups attached to an aromatic ring is 1. The fourth-order valence-electron chi connectivity index (χ4n) is 2.05. The summed E-state index contributed by atoms with van der Waals surface area (Å²) in [4.78, 5) is 15.8. The molecular weight excluding hydrogens is 256 g/mol. The van der Waals surface area contributed by atoms with E-state index in [1.807, 2.05) is 30.3 Å². The Hall–Kier alpha value is -2.89. The van der Waals surface area contributed by atoms with Crippen LogP contribution in [-0.2, 0) is 4.74 Å². The number of nitrogens with two attached hydrogens (primary N) is 1. The minimum atomic E-state index is -0.556. The van der Waals surface area contributed by atoms with Gasteiger partial charge >= 0.3 is 5.97 Å².